The average molecular weight is 275 g/mol. The number of benzene rings is 1. The van der Waals surface area contributed by atoms with Gasteiger partial charge in [-0.15, -0.1) is 0 Å². The number of esters is 1. The van der Waals surface area contributed by atoms with Gasteiger partial charge in [-0.3, -0.25) is 9.59 Å². The molecule has 4 nitrogen and oxygen atoms in total. The van der Waals surface area contributed by atoms with Crippen molar-refractivity contribution in [2.24, 2.45) is 5.41 Å². The standard InChI is InChI=1S/C16H21NO3/c1-16(2,15(19)20-3)14(18)17-12-8-7-11-13-9-5-4-6-10-13/h4-7,9-11H,8,12H2,1-3H3,(H,17,18)/b11-7+. The second-order valence-electron chi connectivity index (χ2n) is 4.97. The van der Waals surface area contributed by atoms with Crippen LogP contribution in [-0.4, -0.2) is 25.5 Å². The summed E-state index contributed by atoms with van der Waals surface area (Å²) in [6, 6.07) is 9.93. The molecule has 0 aliphatic carbocycles. The van der Waals surface area contributed by atoms with E-state index < -0.39 is 11.4 Å². The van der Waals surface area contributed by atoms with Gasteiger partial charge in [0.25, 0.3) is 0 Å². The fourth-order valence-corrected chi connectivity index (χ4v) is 1.62. The molecule has 108 valence electrons. The van der Waals surface area contributed by atoms with Gasteiger partial charge in [-0.2, -0.15) is 0 Å². The average Bonchev–Trinajstić information content (AvgIpc) is 2.46. The molecule has 1 N–H and O–H groups in total. The van der Waals surface area contributed by atoms with Crippen molar-refractivity contribution in [3.8, 4) is 0 Å². The third-order valence-corrected chi connectivity index (χ3v) is 2.97. The highest BCUT2D eigenvalue weighted by atomic mass is 16.5. The number of hydrogen-bond donors (Lipinski definition) is 1. The maximum Gasteiger partial charge on any atom is 0.320 e. The molecule has 0 spiro atoms. The van der Waals surface area contributed by atoms with Crippen LogP contribution >= 0.6 is 0 Å². The molecule has 0 aromatic heterocycles. The van der Waals surface area contributed by atoms with Gasteiger partial charge in [0.1, 0.15) is 5.41 Å². The molecule has 0 heterocycles. The van der Waals surface area contributed by atoms with Gasteiger partial charge in [0, 0.05) is 6.54 Å². The number of carbonyl (C=O) groups is 2. The number of rotatable bonds is 6. The van der Waals surface area contributed by atoms with Crippen molar-refractivity contribution in [1.82, 2.24) is 5.32 Å². The number of ether oxygens (including phenoxy) is 1. The fourth-order valence-electron chi connectivity index (χ4n) is 1.62. The van der Waals surface area contributed by atoms with Crippen molar-refractivity contribution in [1.29, 1.82) is 0 Å². The summed E-state index contributed by atoms with van der Waals surface area (Å²) in [7, 11) is 1.28. The van der Waals surface area contributed by atoms with Crippen LogP contribution in [0, 0.1) is 5.41 Å². The molecule has 0 atom stereocenters. The van der Waals surface area contributed by atoms with Crippen molar-refractivity contribution in [3.63, 3.8) is 0 Å². The summed E-state index contributed by atoms with van der Waals surface area (Å²) in [5.41, 5.74) is -0.0357. The van der Waals surface area contributed by atoms with Crippen LogP contribution in [0.4, 0.5) is 0 Å². The summed E-state index contributed by atoms with van der Waals surface area (Å²) in [5.74, 6) is -0.854. The maximum absolute atomic E-state index is 11.9. The van der Waals surface area contributed by atoms with E-state index in [2.05, 4.69) is 10.1 Å². The van der Waals surface area contributed by atoms with Gasteiger partial charge >= 0.3 is 5.97 Å². The van der Waals surface area contributed by atoms with E-state index in [0.717, 1.165) is 5.56 Å². The van der Waals surface area contributed by atoms with Gasteiger partial charge < -0.3 is 10.1 Å². The minimum atomic E-state index is -1.15. The van der Waals surface area contributed by atoms with E-state index in [1.54, 1.807) is 13.8 Å². The van der Waals surface area contributed by atoms with Gasteiger partial charge in [-0.05, 0) is 25.8 Å². The lowest BCUT2D eigenvalue weighted by Gasteiger charge is -2.20. The Morgan fingerprint density at radius 1 is 1.25 bits per heavy atom. The summed E-state index contributed by atoms with van der Waals surface area (Å²) < 4.78 is 4.61. The van der Waals surface area contributed by atoms with Crippen molar-refractivity contribution < 1.29 is 14.3 Å². The SMILES string of the molecule is COC(=O)C(C)(C)C(=O)NCC/C=C/c1ccccc1. The Hall–Kier alpha value is -2.10. The van der Waals surface area contributed by atoms with E-state index in [0.29, 0.717) is 13.0 Å². The third-order valence-electron chi connectivity index (χ3n) is 2.97. The number of carbonyl (C=O) groups excluding carboxylic acids is 2. The van der Waals surface area contributed by atoms with Crippen molar-refractivity contribution in [2.75, 3.05) is 13.7 Å². The molecular formula is C16H21NO3. The summed E-state index contributed by atoms with van der Waals surface area (Å²) >= 11 is 0. The molecule has 0 unspecified atom stereocenters. The van der Waals surface area contributed by atoms with Crippen LogP contribution in [0.15, 0.2) is 36.4 Å². The smallest absolute Gasteiger partial charge is 0.320 e. The largest absolute Gasteiger partial charge is 0.468 e. The molecule has 1 amide bonds. The second-order valence-corrected chi connectivity index (χ2v) is 4.97. The molecule has 0 radical (unpaired) electrons. The molecule has 1 rings (SSSR count). The minimum Gasteiger partial charge on any atom is -0.468 e. The maximum atomic E-state index is 11.9. The minimum absolute atomic E-state index is 0.322. The van der Waals surface area contributed by atoms with E-state index in [1.165, 1.54) is 7.11 Å². The fraction of sp³-hybridized carbons (Fsp3) is 0.375. The first kappa shape index (κ1) is 16.0. The number of hydrogen-bond acceptors (Lipinski definition) is 3. The highest BCUT2D eigenvalue weighted by Crippen LogP contribution is 2.16. The zero-order valence-electron chi connectivity index (χ0n) is 12.2. The van der Waals surface area contributed by atoms with Gasteiger partial charge in [0.2, 0.25) is 5.91 Å². The molecule has 4 heteroatoms. The van der Waals surface area contributed by atoms with Gasteiger partial charge in [0.05, 0.1) is 7.11 Å². The second kappa shape index (κ2) is 7.48. The molecule has 0 saturated heterocycles. The van der Waals surface area contributed by atoms with E-state index in [1.807, 2.05) is 42.5 Å². The number of methoxy groups -OCH3 is 1. The molecule has 0 aliphatic heterocycles. The van der Waals surface area contributed by atoms with Crippen LogP contribution in [0.5, 0.6) is 0 Å². The first-order valence-electron chi connectivity index (χ1n) is 6.57. The van der Waals surface area contributed by atoms with Crippen LogP contribution in [0.1, 0.15) is 25.8 Å². The summed E-state index contributed by atoms with van der Waals surface area (Å²) in [6.07, 6.45) is 4.69. The molecule has 1 aromatic carbocycles. The van der Waals surface area contributed by atoms with Gasteiger partial charge in [0.15, 0.2) is 0 Å². The Labute approximate surface area is 119 Å². The van der Waals surface area contributed by atoms with Crippen LogP contribution < -0.4 is 5.32 Å². The molecular weight excluding hydrogens is 254 g/mol. The first-order valence-corrected chi connectivity index (χ1v) is 6.57. The third kappa shape index (κ3) is 4.53. The zero-order valence-corrected chi connectivity index (χ0v) is 12.2. The Kier molecular flexibility index (Phi) is 5.97. The molecule has 1 aromatic rings. The topological polar surface area (TPSA) is 55.4 Å². The number of nitrogens with one attached hydrogen (secondary N) is 1. The van der Waals surface area contributed by atoms with Crippen LogP contribution in [-0.2, 0) is 14.3 Å². The van der Waals surface area contributed by atoms with Crippen LogP contribution in [0.2, 0.25) is 0 Å². The highest BCUT2D eigenvalue weighted by Gasteiger charge is 2.36. The van der Waals surface area contributed by atoms with Crippen LogP contribution in [0.25, 0.3) is 6.08 Å². The lowest BCUT2D eigenvalue weighted by atomic mass is 9.92. The highest BCUT2D eigenvalue weighted by molar-refractivity contribution is 6.01. The number of amides is 1. The Balaban J connectivity index is 2.36. The molecule has 0 bridgehead atoms. The monoisotopic (exact) mass is 275 g/mol. The summed E-state index contributed by atoms with van der Waals surface area (Å²) in [4.78, 5) is 23.3. The van der Waals surface area contributed by atoms with Crippen molar-refractivity contribution in [3.05, 3.63) is 42.0 Å². The Bertz CT molecular complexity index is 478. The van der Waals surface area contributed by atoms with Crippen molar-refractivity contribution >= 4 is 18.0 Å². The summed E-state index contributed by atoms with van der Waals surface area (Å²) in [6.45, 7) is 3.59. The lowest BCUT2D eigenvalue weighted by molar-refractivity contribution is -0.156. The molecule has 20 heavy (non-hydrogen) atoms. The van der Waals surface area contributed by atoms with E-state index >= 15 is 0 Å². The molecule has 0 saturated carbocycles. The van der Waals surface area contributed by atoms with E-state index in [4.69, 9.17) is 0 Å². The predicted octanol–water partition coefficient (Wildman–Crippen LogP) is 2.41. The predicted molar refractivity (Wildman–Crippen MR) is 78.9 cm³/mol. The first-order chi connectivity index (χ1) is 9.48. The van der Waals surface area contributed by atoms with Crippen molar-refractivity contribution in [2.45, 2.75) is 20.3 Å². The zero-order chi connectivity index (χ0) is 15.0. The van der Waals surface area contributed by atoms with Gasteiger partial charge in [-0.25, -0.2) is 0 Å². The quantitative estimate of drug-likeness (QED) is 0.493. The summed E-state index contributed by atoms with van der Waals surface area (Å²) in [5, 5.41) is 2.73. The molecule has 0 aliphatic rings. The van der Waals surface area contributed by atoms with Gasteiger partial charge in [-0.1, -0.05) is 42.5 Å². The Morgan fingerprint density at radius 2 is 1.90 bits per heavy atom. The van der Waals surface area contributed by atoms with E-state index in [9.17, 15) is 9.59 Å². The van der Waals surface area contributed by atoms with Crippen LogP contribution in [0.3, 0.4) is 0 Å². The molecule has 0 fully saturated rings. The normalized spacial score (nSPS) is 11.3. The van der Waals surface area contributed by atoms with E-state index in [-0.39, 0.29) is 5.91 Å². The lowest BCUT2D eigenvalue weighted by Crippen LogP contribution is -2.43. The Morgan fingerprint density at radius 3 is 2.50 bits per heavy atom.